The highest BCUT2D eigenvalue weighted by molar-refractivity contribution is 7.92. The van der Waals surface area contributed by atoms with Gasteiger partial charge in [0.05, 0.1) is 31.4 Å². The van der Waals surface area contributed by atoms with E-state index in [-0.39, 0.29) is 28.8 Å². The van der Waals surface area contributed by atoms with E-state index in [4.69, 9.17) is 14.2 Å². The van der Waals surface area contributed by atoms with Crippen molar-refractivity contribution in [2.75, 3.05) is 38.2 Å². The van der Waals surface area contributed by atoms with Crippen LogP contribution in [0.1, 0.15) is 39.2 Å². The van der Waals surface area contributed by atoms with Crippen molar-refractivity contribution in [1.29, 1.82) is 0 Å². The predicted octanol–water partition coefficient (Wildman–Crippen LogP) is 4.63. The normalized spacial score (nSPS) is 11.7. The van der Waals surface area contributed by atoms with E-state index in [1.165, 1.54) is 37.3 Å². The van der Waals surface area contributed by atoms with Crippen LogP contribution in [0.3, 0.4) is 0 Å². The maximum absolute atomic E-state index is 14.2. The van der Waals surface area contributed by atoms with E-state index in [2.05, 4.69) is 5.32 Å². The molecule has 0 aliphatic carbocycles. The molecule has 1 unspecified atom stereocenters. The minimum Gasteiger partial charge on any atom is -0.494 e. The van der Waals surface area contributed by atoms with Gasteiger partial charge in [0.25, 0.3) is 10.0 Å². The molecule has 2 amide bonds. The summed E-state index contributed by atoms with van der Waals surface area (Å²) in [7, 11) is -1.42. The zero-order chi connectivity index (χ0) is 31.4. The average Bonchev–Trinajstić information content (AvgIpc) is 3.03. The zero-order valence-electron chi connectivity index (χ0n) is 25.4. The zero-order valence-corrected chi connectivity index (χ0v) is 26.2. The molecule has 10 nitrogen and oxygen atoms in total. The van der Waals surface area contributed by atoms with Crippen molar-refractivity contribution in [3.05, 3.63) is 78.4 Å². The second-order valence-corrected chi connectivity index (χ2v) is 11.5. The summed E-state index contributed by atoms with van der Waals surface area (Å²) in [5.74, 6) is 0.337. The van der Waals surface area contributed by atoms with Crippen LogP contribution in [-0.4, -0.2) is 65.1 Å². The molecule has 0 spiro atoms. The Morgan fingerprint density at radius 2 is 1.56 bits per heavy atom. The monoisotopic (exact) mass is 611 g/mol. The van der Waals surface area contributed by atoms with E-state index in [0.717, 1.165) is 16.3 Å². The standard InChI is InChI=1S/C32H41N3O7S/c1-6-20-33-32(37)28(7-2)34(22-24-12-10-9-11-13-24)31(36)23-35(25-14-16-26(17-15-25)42-8-3)43(38,39)27-18-19-29(40-4)30(21-27)41-5/h9-19,21,28H,6-8,20,22-23H2,1-5H3,(H,33,37). The average molecular weight is 612 g/mol. The maximum Gasteiger partial charge on any atom is 0.264 e. The van der Waals surface area contributed by atoms with Crippen molar-refractivity contribution in [3.63, 3.8) is 0 Å². The molecule has 3 rings (SSSR count). The molecule has 1 N–H and O–H groups in total. The number of sulfonamides is 1. The number of carbonyl (C=O) groups is 2. The van der Waals surface area contributed by atoms with Crippen molar-refractivity contribution in [2.24, 2.45) is 0 Å². The highest BCUT2D eigenvalue weighted by Crippen LogP contribution is 2.33. The molecule has 0 heterocycles. The summed E-state index contributed by atoms with van der Waals surface area (Å²) in [5, 5.41) is 2.88. The molecule has 43 heavy (non-hydrogen) atoms. The minimum atomic E-state index is -4.30. The Morgan fingerprint density at radius 3 is 2.14 bits per heavy atom. The van der Waals surface area contributed by atoms with Crippen molar-refractivity contribution in [2.45, 2.75) is 51.1 Å². The highest BCUT2D eigenvalue weighted by Gasteiger charge is 2.34. The van der Waals surface area contributed by atoms with Crippen LogP contribution in [0, 0.1) is 0 Å². The molecule has 3 aromatic rings. The lowest BCUT2D eigenvalue weighted by atomic mass is 10.1. The Kier molecular flexibility index (Phi) is 12.2. The summed E-state index contributed by atoms with van der Waals surface area (Å²) in [5.41, 5.74) is 1.07. The van der Waals surface area contributed by atoms with Gasteiger partial charge in [-0.05, 0) is 61.7 Å². The summed E-state index contributed by atoms with van der Waals surface area (Å²) in [6.07, 6.45) is 1.09. The molecule has 0 bridgehead atoms. The Balaban J connectivity index is 2.09. The van der Waals surface area contributed by atoms with Gasteiger partial charge < -0.3 is 24.4 Å². The Morgan fingerprint density at radius 1 is 0.884 bits per heavy atom. The summed E-state index contributed by atoms with van der Waals surface area (Å²) < 4.78 is 45.6. The molecule has 3 aromatic carbocycles. The number of nitrogens with one attached hydrogen (secondary N) is 1. The van der Waals surface area contributed by atoms with Gasteiger partial charge in [0, 0.05) is 19.2 Å². The molecule has 0 aliphatic heterocycles. The summed E-state index contributed by atoms with van der Waals surface area (Å²) in [6, 6.07) is 19.2. The van der Waals surface area contributed by atoms with Crippen LogP contribution < -0.4 is 23.8 Å². The summed E-state index contributed by atoms with van der Waals surface area (Å²) in [6.45, 7) is 6.11. The third kappa shape index (κ3) is 8.41. The predicted molar refractivity (Wildman–Crippen MR) is 166 cm³/mol. The quantitative estimate of drug-likeness (QED) is 0.251. The fourth-order valence-corrected chi connectivity index (χ4v) is 6.00. The SMILES string of the molecule is CCCNC(=O)C(CC)N(Cc1ccccc1)C(=O)CN(c1ccc(OCC)cc1)S(=O)(=O)c1ccc(OC)c(OC)c1. The van der Waals surface area contributed by atoms with Crippen LogP contribution in [-0.2, 0) is 26.2 Å². The third-order valence-electron chi connectivity index (χ3n) is 6.79. The topological polar surface area (TPSA) is 114 Å². The molecule has 0 saturated carbocycles. The lowest BCUT2D eigenvalue weighted by molar-refractivity contribution is -0.140. The second-order valence-electron chi connectivity index (χ2n) is 9.68. The molecule has 0 radical (unpaired) electrons. The molecule has 232 valence electrons. The van der Waals surface area contributed by atoms with Crippen molar-refractivity contribution in [1.82, 2.24) is 10.2 Å². The van der Waals surface area contributed by atoms with Crippen molar-refractivity contribution >= 4 is 27.5 Å². The number of amides is 2. The maximum atomic E-state index is 14.2. The van der Waals surface area contributed by atoms with Gasteiger partial charge in [0.2, 0.25) is 11.8 Å². The lowest BCUT2D eigenvalue weighted by Gasteiger charge is -2.33. The first kappa shape index (κ1) is 33.3. The molecular weight excluding hydrogens is 570 g/mol. The first-order chi connectivity index (χ1) is 20.7. The van der Waals surface area contributed by atoms with Gasteiger partial charge in [-0.15, -0.1) is 0 Å². The molecular formula is C32H41N3O7S. The highest BCUT2D eigenvalue weighted by atomic mass is 32.2. The Bertz CT molecular complexity index is 1450. The number of benzene rings is 3. The van der Waals surface area contributed by atoms with Gasteiger partial charge in [0.1, 0.15) is 18.3 Å². The van der Waals surface area contributed by atoms with E-state index in [1.54, 1.807) is 24.3 Å². The molecule has 11 heteroatoms. The number of carbonyl (C=O) groups excluding carboxylic acids is 2. The van der Waals surface area contributed by atoms with Crippen molar-refractivity contribution < 1.29 is 32.2 Å². The van der Waals surface area contributed by atoms with Gasteiger partial charge in [0.15, 0.2) is 11.5 Å². The van der Waals surface area contributed by atoms with E-state index < -0.39 is 28.5 Å². The van der Waals surface area contributed by atoms with Crippen LogP contribution >= 0.6 is 0 Å². The number of hydrogen-bond donors (Lipinski definition) is 1. The van der Waals surface area contributed by atoms with Crippen LogP contribution in [0.25, 0.3) is 0 Å². The van der Waals surface area contributed by atoms with Gasteiger partial charge in [-0.2, -0.15) is 0 Å². The molecule has 0 saturated heterocycles. The fourth-order valence-electron chi connectivity index (χ4n) is 4.57. The molecule has 0 aliphatic rings. The van der Waals surface area contributed by atoms with Crippen LogP contribution in [0.5, 0.6) is 17.2 Å². The fraction of sp³-hybridized carbons (Fsp3) is 0.375. The van der Waals surface area contributed by atoms with Crippen LogP contribution in [0.2, 0.25) is 0 Å². The second kappa shape index (κ2) is 15.8. The van der Waals surface area contributed by atoms with Gasteiger partial charge in [-0.25, -0.2) is 8.42 Å². The van der Waals surface area contributed by atoms with Gasteiger partial charge >= 0.3 is 0 Å². The number of hydrogen-bond acceptors (Lipinski definition) is 7. The lowest BCUT2D eigenvalue weighted by Crippen LogP contribution is -2.52. The van der Waals surface area contributed by atoms with E-state index in [9.17, 15) is 18.0 Å². The first-order valence-electron chi connectivity index (χ1n) is 14.3. The third-order valence-corrected chi connectivity index (χ3v) is 8.56. The molecule has 0 aromatic heterocycles. The largest absolute Gasteiger partial charge is 0.494 e. The van der Waals surface area contributed by atoms with Crippen LogP contribution in [0.4, 0.5) is 5.69 Å². The smallest absolute Gasteiger partial charge is 0.264 e. The number of methoxy groups -OCH3 is 2. The van der Waals surface area contributed by atoms with Crippen molar-refractivity contribution in [3.8, 4) is 17.2 Å². The van der Waals surface area contributed by atoms with E-state index in [0.29, 0.717) is 31.1 Å². The Labute approximate surface area is 254 Å². The molecule has 0 fully saturated rings. The number of rotatable bonds is 16. The van der Waals surface area contributed by atoms with E-state index in [1.807, 2.05) is 51.1 Å². The van der Waals surface area contributed by atoms with Gasteiger partial charge in [-0.1, -0.05) is 44.2 Å². The van der Waals surface area contributed by atoms with Crippen LogP contribution in [0.15, 0.2) is 77.7 Å². The number of ether oxygens (including phenoxy) is 3. The van der Waals surface area contributed by atoms with E-state index >= 15 is 0 Å². The molecule has 1 atom stereocenters. The first-order valence-corrected chi connectivity index (χ1v) is 15.7. The summed E-state index contributed by atoms with van der Waals surface area (Å²) in [4.78, 5) is 28.7. The minimum absolute atomic E-state index is 0.0887. The number of nitrogens with zero attached hydrogens (tertiary/aromatic N) is 2. The Hall–Kier alpha value is -4.25. The van der Waals surface area contributed by atoms with Gasteiger partial charge in [-0.3, -0.25) is 13.9 Å². The summed E-state index contributed by atoms with van der Waals surface area (Å²) >= 11 is 0. The number of anilines is 1.